The Balaban J connectivity index is 1.36. The minimum absolute atomic E-state index is 0.0435. The maximum Gasteiger partial charge on any atom is 0.273 e. The molecule has 0 bridgehead atoms. The van der Waals surface area contributed by atoms with Crippen molar-refractivity contribution in [2.45, 2.75) is 25.4 Å². The fourth-order valence-electron chi connectivity index (χ4n) is 3.98. The van der Waals surface area contributed by atoms with Crippen LogP contribution < -0.4 is 15.4 Å². The summed E-state index contributed by atoms with van der Waals surface area (Å²) in [6.07, 6.45) is 6.62. The van der Waals surface area contributed by atoms with Crippen LogP contribution in [0, 0.1) is 0 Å². The molecule has 9 nitrogen and oxygen atoms in total. The molecule has 4 rings (SSSR count). The van der Waals surface area contributed by atoms with Crippen LogP contribution in [0.25, 0.3) is 0 Å². The summed E-state index contributed by atoms with van der Waals surface area (Å²) in [7, 11) is 3.55. The highest BCUT2D eigenvalue weighted by Gasteiger charge is 2.24. The van der Waals surface area contributed by atoms with Crippen molar-refractivity contribution >= 4 is 17.6 Å². The number of piperidine rings is 1. The summed E-state index contributed by atoms with van der Waals surface area (Å²) in [5.41, 5.74) is 1.71. The summed E-state index contributed by atoms with van der Waals surface area (Å²) in [4.78, 5) is 36.4. The van der Waals surface area contributed by atoms with Crippen molar-refractivity contribution in [2.24, 2.45) is 7.05 Å². The van der Waals surface area contributed by atoms with E-state index in [-0.39, 0.29) is 23.5 Å². The smallest absolute Gasteiger partial charge is 0.273 e. The largest absolute Gasteiger partial charge is 0.496 e. The van der Waals surface area contributed by atoms with Crippen LogP contribution in [-0.4, -0.2) is 57.5 Å². The van der Waals surface area contributed by atoms with Gasteiger partial charge in [-0.2, -0.15) is 0 Å². The fourth-order valence-corrected chi connectivity index (χ4v) is 3.98. The molecule has 172 valence electrons. The number of carbonyl (C=O) groups is 2. The zero-order valence-corrected chi connectivity index (χ0v) is 18.8. The number of ether oxygens (including phenoxy) is 1. The lowest BCUT2D eigenvalue weighted by Crippen LogP contribution is -2.44. The van der Waals surface area contributed by atoms with Gasteiger partial charge in [0.25, 0.3) is 11.8 Å². The van der Waals surface area contributed by atoms with E-state index >= 15 is 0 Å². The fraction of sp³-hybridized carbons (Fsp3) is 0.333. The van der Waals surface area contributed by atoms with E-state index in [2.05, 4.69) is 36.1 Å². The van der Waals surface area contributed by atoms with E-state index in [1.54, 1.807) is 24.3 Å². The molecule has 0 saturated carbocycles. The number of amides is 2. The first-order valence-electron chi connectivity index (χ1n) is 10.9. The highest BCUT2D eigenvalue weighted by molar-refractivity contribution is 6.08. The number of carbonyl (C=O) groups excluding carboxylic acids is 2. The predicted molar refractivity (Wildman–Crippen MR) is 124 cm³/mol. The number of nitrogens with zero attached hydrogens (tertiary/aromatic N) is 4. The molecule has 1 saturated heterocycles. The number of hydrogen-bond acceptors (Lipinski definition) is 6. The molecule has 0 spiro atoms. The average Bonchev–Trinajstić information content (AvgIpc) is 3.24. The number of methoxy groups -OCH3 is 1. The van der Waals surface area contributed by atoms with E-state index in [9.17, 15) is 9.59 Å². The number of para-hydroxylation sites is 1. The third kappa shape index (κ3) is 5.38. The van der Waals surface area contributed by atoms with E-state index in [1.807, 2.05) is 19.3 Å². The Morgan fingerprint density at radius 2 is 1.82 bits per heavy atom. The van der Waals surface area contributed by atoms with Crippen molar-refractivity contribution in [3.05, 3.63) is 71.9 Å². The standard InChI is InChI=1S/C24H28N6O3/c1-29-13-5-6-18(29)16-30-14-9-17(10-15-30)27-24(32)21-22(26-12-11-25-21)28-23(31)19-7-3-4-8-20(19)33-2/h3-8,11-13,17H,9-10,14-16H2,1-2H3,(H,27,32)(H,26,28,31). The third-order valence-corrected chi connectivity index (χ3v) is 5.86. The first-order valence-corrected chi connectivity index (χ1v) is 10.9. The first-order chi connectivity index (χ1) is 16.0. The quantitative estimate of drug-likeness (QED) is 0.576. The number of hydrogen-bond donors (Lipinski definition) is 2. The van der Waals surface area contributed by atoms with Gasteiger partial charge in [-0.05, 0) is 37.1 Å². The molecule has 3 heterocycles. The van der Waals surface area contributed by atoms with Gasteiger partial charge in [-0.3, -0.25) is 14.5 Å². The monoisotopic (exact) mass is 448 g/mol. The number of aromatic nitrogens is 3. The summed E-state index contributed by atoms with van der Waals surface area (Å²) in [6, 6.07) is 11.1. The van der Waals surface area contributed by atoms with Crippen LogP contribution in [-0.2, 0) is 13.6 Å². The molecule has 0 atom stereocenters. The van der Waals surface area contributed by atoms with Gasteiger partial charge in [-0.25, -0.2) is 9.97 Å². The zero-order valence-electron chi connectivity index (χ0n) is 18.8. The van der Waals surface area contributed by atoms with Crippen LogP contribution in [0.15, 0.2) is 55.0 Å². The third-order valence-electron chi connectivity index (χ3n) is 5.86. The molecule has 1 aliphatic rings. The van der Waals surface area contributed by atoms with Crippen LogP contribution in [0.2, 0.25) is 0 Å². The van der Waals surface area contributed by atoms with Gasteiger partial charge in [0.05, 0.1) is 12.7 Å². The van der Waals surface area contributed by atoms with Gasteiger partial charge >= 0.3 is 0 Å². The Labute approximate surface area is 192 Å². The molecule has 0 aliphatic carbocycles. The minimum atomic E-state index is -0.420. The van der Waals surface area contributed by atoms with Crippen molar-refractivity contribution in [2.75, 3.05) is 25.5 Å². The molecular weight excluding hydrogens is 420 g/mol. The maximum absolute atomic E-state index is 13.0. The second-order valence-corrected chi connectivity index (χ2v) is 8.04. The van der Waals surface area contributed by atoms with Gasteiger partial charge in [0, 0.05) is 57.0 Å². The van der Waals surface area contributed by atoms with Crippen LogP contribution in [0.5, 0.6) is 5.75 Å². The summed E-state index contributed by atoms with van der Waals surface area (Å²) in [5.74, 6) is -0.214. The van der Waals surface area contributed by atoms with E-state index in [0.29, 0.717) is 11.3 Å². The number of likely N-dealkylation sites (tertiary alicyclic amines) is 1. The first kappa shape index (κ1) is 22.5. The van der Waals surface area contributed by atoms with Gasteiger partial charge in [0.15, 0.2) is 11.5 Å². The zero-order chi connectivity index (χ0) is 23.2. The van der Waals surface area contributed by atoms with E-state index in [0.717, 1.165) is 32.5 Å². The van der Waals surface area contributed by atoms with Crippen molar-refractivity contribution in [1.82, 2.24) is 24.8 Å². The summed E-state index contributed by atoms with van der Waals surface area (Å²) >= 11 is 0. The minimum Gasteiger partial charge on any atom is -0.496 e. The van der Waals surface area contributed by atoms with E-state index < -0.39 is 5.91 Å². The van der Waals surface area contributed by atoms with Gasteiger partial charge in [0.2, 0.25) is 0 Å². The molecule has 0 unspecified atom stereocenters. The Bertz CT molecular complexity index is 1120. The molecular formula is C24H28N6O3. The average molecular weight is 449 g/mol. The Morgan fingerprint density at radius 3 is 2.55 bits per heavy atom. The van der Waals surface area contributed by atoms with Crippen molar-refractivity contribution in [3.63, 3.8) is 0 Å². The topological polar surface area (TPSA) is 101 Å². The molecule has 33 heavy (non-hydrogen) atoms. The lowest BCUT2D eigenvalue weighted by molar-refractivity contribution is 0.0904. The number of anilines is 1. The highest BCUT2D eigenvalue weighted by atomic mass is 16.5. The number of nitrogens with one attached hydrogen (secondary N) is 2. The van der Waals surface area contributed by atoms with Crippen LogP contribution in [0.1, 0.15) is 39.4 Å². The molecule has 9 heteroatoms. The van der Waals surface area contributed by atoms with Crippen molar-refractivity contribution in [1.29, 1.82) is 0 Å². The summed E-state index contributed by atoms with van der Waals surface area (Å²) in [6.45, 7) is 2.69. The molecule has 1 aromatic carbocycles. The normalized spacial score (nSPS) is 14.6. The van der Waals surface area contributed by atoms with E-state index in [4.69, 9.17) is 4.74 Å². The molecule has 3 aromatic rings. The number of rotatable bonds is 7. The lowest BCUT2D eigenvalue weighted by atomic mass is 10.0. The predicted octanol–water partition coefficient (Wildman–Crippen LogP) is 2.47. The van der Waals surface area contributed by atoms with Crippen molar-refractivity contribution < 1.29 is 14.3 Å². The van der Waals surface area contributed by atoms with Crippen LogP contribution >= 0.6 is 0 Å². The Hall–Kier alpha value is -3.72. The molecule has 1 fully saturated rings. The summed E-state index contributed by atoms with van der Waals surface area (Å²) < 4.78 is 7.38. The summed E-state index contributed by atoms with van der Waals surface area (Å²) in [5, 5.41) is 5.75. The van der Waals surface area contributed by atoms with E-state index in [1.165, 1.54) is 25.2 Å². The Kier molecular flexibility index (Phi) is 6.99. The molecule has 2 N–H and O–H groups in total. The van der Waals surface area contributed by atoms with Crippen molar-refractivity contribution in [3.8, 4) is 5.75 Å². The van der Waals surface area contributed by atoms with Gasteiger partial charge in [-0.15, -0.1) is 0 Å². The maximum atomic E-state index is 13.0. The second-order valence-electron chi connectivity index (χ2n) is 8.04. The molecule has 2 aromatic heterocycles. The second kappa shape index (κ2) is 10.3. The lowest BCUT2D eigenvalue weighted by Gasteiger charge is -2.32. The highest BCUT2D eigenvalue weighted by Crippen LogP contribution is 2.20. The molecule has 0 radical (unpaired) electrons. The Morgan fingerprint density at radius 1 is 1.06 bits per heavy atom. The van der Waals surface area contributed by atoms with Gasteiger partial charge in [-0.1, -0.05) is 12.1 Å². The molecule has 2 amide bonds. The number of aryl methyl sites for hydroxylation is 1. The van der Waals surface area contributed by atoms with Gasteiger partial charge in [0.1, 0.15) is 5.75 Å². The van der Waals surface area contributed by atoms with Crippen LogP contribution in [0.3, 0.4) is 0 Å². The van der Waals surface area contributed by atoms with Crippen LogP contribution in [0.4, 0.5) is 5.82 Å². The SMILES string of the molecule is COc1ccccc1C(=O)Nc1nccnc1C(=O)NC1CCN(Cc2cccn2C)CC1. The number of benzene rings is 1. The molecule has 1 aliphatic heterocycles. The van der Waals surface area contributed by atoms with Gasteiger partial charge < -0.3 is 19.9 Å².